The highest BCUT2D eigenvalue weighted by atomic mass is 19.2. The van der Waals surface area contributed by atoms with Crippen molar-refractivity contribution in [2.45, 2.75) is 44.1 Å². The van der Waals surface area contributed by atoms with E-state index in [-0.39, 0.29) is 18.2 Å². The minimum Gasteiger partial charge on any atom is -0.389 e. The van der Waals surface area contributed by atoms with Crippen molar-refractivity contribution < 1.29 is 18.7 Å². The number of amides is 1. The van der Waals surface area contributed by atoms with E-state index in [1.165, 1.54) is 6.07 Å². The van der Waals surface area contributed by atoms with E-state index in [1.54, 1.807) is 6.07 Å². The molecule has 0 aromatic heterocycles. The molecule has 2 aliphatic rings. The zero-order valence-corrected chi connectivity index (χ0v) is 13.7. The van der Waals surface area contributed by atoms with Gasteiger partial charge in [-0.3, -0.25) is 4.79 Å². The number of hydrogen-bond donors (Lipinski definition) is 2. The average Bonchev–Trinajstić information content (AvgIpc) is 3.17. The number of nitrogens with one attached hydrogen (secondary N) is 1. The molecule has 1 atom stereocenters. The predicted octanol–water partition coefficient (Wildman–Crippen LogP) is 2.60. The Balaban J connectivity index is 1.46. The maximum atomic E-state index is 13.3. The summed E-state index contributed by atoms with van der Waals surface area (Å²) in [7, 11) is 0. The molecule has 132 valence electrons. The Kier molecular flexibility index (Phi) is 5.04. The summed E-state index contributed by atoms with van der Waals surface area (Å²) in [6.45, 7) is 2.01. The Morgan fingerprint density at radius 3 is 2.75 bits per heavy atom. The first-order chi connectivity index (χ1) is 11.5. The summed E-state index contributed by atoms with van der Waals surface area (Å²) in [5, 5.41) is 13.2. The van der Waals surface area contributed by atoms with Crippen molar-refractivity contribution in [2.24, 2.45) is 5.92 Å². The van der Waals surface area contributed by atoms with Crippen LogP contribution in [-0.4, -0.2) is 36.2 Å². The van der Waals surface area contributed by atoms with Gasteiger partial charge in [-0.1, -0.05) is 12.8 Å². The van der Waals surface area contributed by atoms with Crippen molar-refractivity contribution in [2.75, 3.05) is 24.5 Å². The normalized spacial score (nSPS) is 22.8. The number of aliphatic hydroxyl groups is 1. The monoisotopic (exact) mass is 338 g/mol. The molecule has 1 saturated heterocycles. The highest BCUT2D eigenvalue weighted by molar-refractivity contribution is 5.77. The molecule has 2 fully saturated rings. The third kappa shape index (κ3) is 4.04. The molecule has 6 heteroatoms. The molecule has 1 saturated carbocycles. The Morgan fingerprint density at radius 1 is 1.29 bits per heavy atom. The van der Waals surface area contributed by atoms with Gasteiger partial charge in [-0.15, -0.1) is 0 Å². The number of nitrogens with zero attached hydrogens (tertiary/aromatic N) is 1. The van der Waals surface area contributed by atoms with Gasteiger partial charge in [-0.25, -0.2) is 8.78 Å². The number of halogens is 2. The maximum Gasteiger partial charge on any atom is 0.222 e. The lowest BCUT2D eigenvalue weighted by molar-refractivity contribution is -0.126. The molecular weight excluding hydrogens is 314 g/mol. The second-order valence-electron chi connectivity index (χ2n) is 7.11. The van der Waals surface area contributed by atoms with Crippen LogP contribution in [0.15, 0.2) is 18.2 Å². The Labute approximate surface area is 140 Å². The van der Waals surface area contributed by atoms with Crippen molar-refractivity contribution in [1.82, 2.24) is 5.32 Å². The smallest absolute Gasteiger partial charge is 0.222 e. The van der Waals surface area contributed by atoms with E-state index >= 15 is 0 Å². The number of rotatable bonds is 5. The highest BCUT2D eigenvalue weighted by Gasteiger charge is 2.33. The first-order valence-corrected chi connectivity index (χ1v) is 8.64. The molecular formula is C18H24F2N2O2. The van der Waals surface area contributed by atoms with Gasteiger partial charge in [0.2, 0.25) is 5.91 Å². The van der Waals surface area contributed by atoms with Crippen molar-refractivity contribution in [1.29, 1.82) is 0 Å². The first kappa shape index (κ1) is 17.1. The first-order valence-electron chi connectivity index (χ1n) is 8.64. The van der Waals surface area contributed by atoms with Gasteiger partial charge in [0.15, 0.2) is 11.6 Å². The van der Waals surface area contributed by atoms with E-state index in [1.807, 2.05) is 4.90 Å². The molecule has 2 N–H and O–H groups in total. The quantitative estimate of drug-likeness (QED) is 0.868. The number of anilines is 1. The van der Waals surface area contributed by atoms with Crippen molar-refractivity contribution >= 4 is 11.6 Å². The third-order valence-electron chi connectivity index (χ3n) is 5.17. The van der Waals surface area contributed by atoms with Crippen LogP contribution in [-0.2, 0) is 4.79 Å². The van der Waals surface area contributed by atoms with Gasteiger partial charge in [-0.05, 0) is 37.3 Å². The minimum atomic E-state index is -0.841. The molecule has 1 heterocycles. The number of benzene rings is 1. The lowest BCUT2D eigenvalue weighted by atomic mass is 9.97. The van der Waals surface area contributed by atoms with Crippen LogP contribution in [0.3, 0.4) is 0 Å². The maximum absolute atomic E-state index is 13.3. The highest BCUT2D eigenvalue weighted by Crippen LogP contribution is 2.32. The van der Waals surface area contributed by atoms with Crippen molar-refractivity contribution in [3.8, 4) is 0 Å². The molecule has 0 radical (unpaired) electrons. The number of carbonyl (C=O) groups excluding carboxylic acids is 1. The van der Waals surface area contributed by atoms with Crippen LogP contribution in [0.25, 0.3) is 0 Å². The standard InChI is InChI=1S/C18H24F2N2O2/c19-15-4-3-14(9-16(15)20)22-8-5-13(12-22)11-21-17(23)10-18(24)6-1-2-7-18/h3-4,9,13,24H,1-2,5-8,10-12H2,(H,21,23). The topological polar surface area (TPSA) is 52.6 Å². The Morgan fingerprint density at radius 2 is 2.04 bits per heavy atom. The van der Waals surface area contributed by atoms with Gasteiger partial charge >= 0.3 is 0 Å². The molecule has 1 unspecified atom stereocenters. The summed E-state index contributed by atoms with van der Waals surface area (Å²) in [5.41, 5.74) is -0.153. The van der Waals surface area contributed by atoms with Crippen LogP contribution in [0.2, 0.25) is 0 Å². The van der Waals surface area contributed by atoms with E-state index < -0.39 is 17.2 Å². The molecule has 1 amide bonds. The van der Waals surface area contributed by atoms with Gasteiger partial charge in [0.1, 0.15) is 0 Å². The van der Waals surface area contributed by atoms with E-state index in [0.29, 0.717) is 31.6 Å². The fourth-order valence-electron chi connectivity index (χ4n) is 3.74. The van der Waals surface area contributed by atoms with Gasteiger partial charge in [0.25, 0.3) is 0 Å². The van der Waals surface area contributed by atoms with E-state index in [9.17, 15) is 18.7 Å². The summed E-state index contributed by atoms with van der Waals surface area (Å²) >= 11 is 0. The Hall–Kier alpha value is -1.69. The summed E-state index contributed by atoms with van der Waals surface area (Å²) in [4.78, 5) is 14.0. The van der Waals surface area contributed by atoms with E-state index in [0.717, 1.165) is 31.9 Å². The number of hydrogen-bond acceptors (Lipinski definition) is 3. The molecule has 3 rings (SSSR count). The lowest BCUT2D eigenvalue weighted by Gasteiger charge is -2.22. The number of carbonyl (C=O) groups is 1. The minimum absolute atomic E-state index is 0.106. The summed E-state index contributed by atoms with van der Waals surface area (Å²) < 4.78 is 26.3. The molecule has 4 nitrogen and oxygen atoms in total. The molecule has 1 aromatic rings. The van der Waals surface area contributed by atoms with Gasteiger partial charge in [0.05, 0.1) is 12.0 Å². The molecule has 0 bridgehead atoms. The van der Waals surface area contributed by atoms with Gasteiger partial charge < -0.3 is 15.3 Å². The second-order valence-corrected chi connectivity index (χ2v) is 7.11. The van der Waals surface area contributed by atoms with Crippen LogP contribution in [0.5, 0.6) is 0 Å². The summed E-state index contributed by atoms with van der Waals surface area (Å²) in [6, 6.07) is 3.93. The summed E-state index contributed by atoms with van der Waals surface area (Å²) in [5.74, 6) is -1.51. The lowest BCUT2D eigenvalue weighted by Crippen LogP contribution is -2.37. The van der Waals surface area contributed by atoms with Crippen LogP contribution >= 0.6 is 0 Å². The zero-order chi connectivity index (χ0) is 17.2. The van der Waals surface area contributed by atoms with Crippen LogP contribution in [0.4, 0.5) is 14.5 Å². The molecule has 1 aromatic carbocycles. The van der Waals surface area contributed by atoms with Gasteiger partial charge in [-0.2, -0.15) is 0 Å². The van der Waals surface area contributed by atoms with Crippen molar-refractivity contribution in [3.05, 3.63) is 29.8 Å². The van der Waals surface area contributed by atoms with Crippen LogP contribution in [0, 0.1) is 17.6 Å². The summed E-state index contributed by atoms with van der Waals surface area (Å²) in [6.07, 6.45) is 4.43. The fourth-order valence-corrected chi connectivity index (χ4v) is 3.74. The van der Waals surface area contributed by atoms with E-state index in [2.05, 4.69) is 5.32 Å². The molecule has 1 aliphatic carbocycles. The molecule has 0 spiro atoms. The predicted molar refractivity (Wildman–Crippen MR) is 87.7 cm³/mol. The molecule has 24 heavy (non-hydrogen) atoms. The largest absolute Gasteiger partial charge is 0.389 e. The van der Waals surface area contributed by atoms with Gasteiger partial charge in [0, 0.05) is 31.4 Å². The average molecular weight is 338 g/mol. The molecule has 1 aliphatic heterocycles. The van der Waals surface area contributed by atoms with Crippen molar-refractivity contribution in [3.63, 3.8) is 0 Å². The Bertz CT molecular complexity index is 603. The zero-order valence-electron chi connectivity index (χ0n) is 13.7. The fraction of sp³-hybridized carbons (Fsp3) is 0.611. The van der Waals surface area contributed by atoms with E-state index in [4.69, 9.17) is 0 Å². The third-order valence-corrected chi connectivity index (χ3v) is 5.17. The van der Waals surface area contributed by atoms with Crippen LogP contribution in [0.1, 0.15) is 38.5 Å². The SMILES string of the molecule is O=C(CC1(O)CCCC1)NCC1CCN(c2ccc(F)c(F)c2)C1. The van der Waals surface area contributed by atoms with Crippen LogP contribution < -0.4 is 10.2 Å². The second kappa shape index (κ2) is 7.05.